The molecule has 0 radical (unpaired) electrons. The highest BCUT2D eigenvalue weighted by molar-refractivity contribution is 6.18. The van der Waals surface area contributed by atoms with E-state index in [1.54, 1.807) is 7.11 Å². The first kappa shape index (κ1) is 14.2. The van der Waals surface area contributed by atoms with Crippen molar-refractivity contribution in [1.29, 1.82) is 0 Å². The molecule has 0 saturated heterocycles. The lowest BCUT2D eigenvalue weighted by Gasteiger charge is -2.19. The predicted molar refractivity (Wildman–Crippen MR) is 76.7 cm³/mol. The molecule has 1 aromatic rings. The van der Waals surface area contributed by atoms with Gasteiger partial charge in [-0.2, -0.15) is 0 Å². The third-order valence-electron chi connectivity index (χ3n) is 3.75. The number of hydrogen-bond donors (Lipinski definition) is 1. The molecule has 0 spiro atoms. The minimum absolute atomic E-state index is 0.0477. The fourth-order valence-electron chi connectivity index (χ4n) is 2.69. The molecular weight excluding hydrogens is 262 g/mol. The van der Waals surface area contributed by atoms with Gasteiger partial charge >= 0.3 is 0 Å². The van der Waals surface area contributed by atoms with Crippen LogP contribution in [0.4, 0.5) is 0 Å². The number of benzene rings is 1. The molecule has 2 rings (SSSR count). The van der Waals surface area contributed by atoms with Crippen molar-refractivity contribution < 1.29 is 9.53 Å². The van der Waals surface area contributed by atoms with Crippen LogP contribution in [0.15, 0.2) is 24.3 Å². The van der Waals surface area contributed by atoms with E-state index in [1.165, 1.54) is 0 Å². The smallest absolute Gasteiger partial charge is 0.224 e. The van der Waals surface area contributed by atoms with Crippen LogP contribution in [0.25, 0.3) is 0 Å². The van der Waals surface area contributed by atoms with Crippen molar-refractivity contribution in [2.75, 3.05) is 13.0 Å². The van der Waals surface area contributed by atoms with Crippen LogP contribution < -0.4 is 10.1 Å². The van der Waals surface area contributed by atoms with Gasteiger partial charge in [0.05, 0.1) is 13.5 Å². The third kappa shape index (κ3) is 3.63. The van der Waals surface area contributed by atoms with E-state index in [1.807, 2.05) is 24.3 Å². The Kier molecular flexibility index (Phi) is 5.08. The molecule has 2 unspecified atom stereocenters. The van der Waals surface area contributed by atoms with Gasteiger partial charge in [-0.25, -0.2) is 0 Å². The summed E-state index contributed by atoms with van der Waals surface area (Å²) < 4.78 is 5.26. The Hall–Kier alpha value is -1.22. The minimum Gasteiger partial charge on any atom is -0.496 e. The zero-order valence-corrected chi connectivity index (χ0v) is 12.0. The second kappa shape index (κ2) is 6.80. The molecule has 0 heterocycles. The van der Waals surface area contributed by atoms with E-state index < -0.39 is 0 Å². The average Bonchev–Trinajstić information content (AvgIpc) is 2.86. The number of alkyl halides is 1. The molecule has 0 bridgehead atoms. The molecule has 1 fully saturated rings. The highest BCUT2D eigenvalue weighted by Gasteiger charge is 2.27. The Labute approximate surface area is 119 Å². The van der Waals surface area contributed by atoms with Crippen molar-refractivity contribution in [2.24, 2.45) is 5.92 Å². The topological polar surface area (TPSA) is 38.3 Å². The van der Waals surface area contributed by atoms with Crippen LogP contribution in [0.2, 0.25) is 0 Å². The predicted octanol–water partition coefficient (Wildman–Crippen LogP) is 2.76. The summed E-state index contributed by atoms with van der Waals surface area (Å²) in [6, 6.07) is 7.86. The Bertz CT molecular complexity index is 436. The lowest BCUT2D eigenvalue weighted by atomic mass is 10.1. The molecule has 1 N–H and O–H groups in total. The zero-order valence-electron chi connectivity index (χ0n) is 11.2. The van der Waals surface area contributed by atoms with Gasteiger partial charge in [0.2, 0.25) is 5.91 Å². The molecule has 3 nitrogen and oxygen atoms in total. The number of carbonyl (C=O) groups is 1. The van der Waals surface area contributed by atoms with Gasteiger partial charge in [0.1, 0.15) is 5.75 Å². The van der Waals surface area contributed by atoms with Crippen LogP contribution in [-0.4, -0.2) is 24.9 Å². The number of amides is 1. The standard InChI is InChI=1S/C15H20ClNO2/c1-19-14-8-3-2-5-11(14)9-15(18)17-13-7-4-6-12(13)10-16/h2-3,5,8,12-13H,4,6-7,9-10H2,1H3,(H,17,18). The minimum atomic E-state index is 0.0477. The lowest BCUT2D eigenvalue weighted by Crippen LogP contribution is -2.38. The molecule has 1 saturated carbocycles. The van der Waals surface area contributed by atoms with Crippen LogP contribution >= 0.6 is 11.6 Å². The van der Waals surface area contributed by atoms with Crippen molar-refractivity contribution >= 4 is 17.5 Å². The van der Waals surface area contributed by atoms with E-state index >= 15 is 0 Å². The molecule has 0 aliphatic heterocycles. The summed E-state index contributed by atoms with van der Waals surface area (Å²) >= 11 is 5.92. The Balaban J connectivity index is 1.94. The summed E-state index contributed by atoms with van der Waals surface area (Å²) in [5.74, 6) is 1.85. The second-order valence-electron chi connectivity index (χ2n) is 5.01. The van der Waals surface area contributed by atoms with Gasteiger partial charge in [0, 0.05) is 17.5 Å². The Morgan fingerprint density at radius 2 is 2.21 bits per heavy atom. The Morgan fingerprint density at radius 3 is 2.95 bits per heavy atom. The van der Waals surface area contributed by atoms with E-state index in [4.69, 9.17) is 16.3 Å². The van der Waals surface area contributed by atoms with Crippen molar-refractivity contribution in [3.05, 3.63) is 29.8 Å². The molecule has 4 heteroatoms. The van der Waals surface area contributed by atoms with Gasteiger partial charge < -0.3 is 10.1 Å². The highest BCUT2D eigenvalue weighted by atomic mass is 35.5. The average molecular weight is 282 g/mol. The summed E-state index contributed by atoms with van der Waals surface area (Å²) in [4.78, 5) is 12.1. The van der Waals surface area contributed by atoms with Crippen molar-refractivity contribution in [3.8, 4) is 5.75 Å². The molecule has 1 aliphatic carbocycles. The maximum absolute atomic E-state index is 12.1. The lowest BCUT2D eigenvalue weighted by molar-refractivity contribution is -0.121. The number of ether oxygens (including phenoxy) is 1. The van der Waals surface area contributed by atoms with Gasteiger partial charge in [-0.15, -0.1) is 11.6 Å². The third-order valence-corrected chi connectivity index (χ3v) is 4.14. The molecule has 104 valence electrons. The van der Waals surface area contributed by atoms with Crippen molar-refractivity contribution in [2.45, 2.75) is 31.7 Å². The first-order valence-corrected chi connectivity index (χ1v) is 7.25. The molecule has 2 atom stereocenters. The second-order valence-corrected chi connectivity index (χ2v) is 5.32. The van der Waals surface area contributed by atoms with Gasteiger partial charge in [0.15, 0.2) is 0 Å². The molecular formula is C15H20ClNO2. The summed E-state index contributed by atoms with van der Waals surface area (Å²) in [6.07, 6.45) is 3.66. The molecule has 0 aromatic heterocycles. The van der Waals surface area contributed by atoms with Gasteiger partial charge in [0.25, 0.3) is 0 Å². The SMILES string of the molecule is COc1ccccc1CC(=O)NC1CCCC1CCl. The van der Waals surface area contributed by atoms with Gasteiger partial charge in [-0.05, 0) is 24.8 Å². The van der Waals surface area contributed by atoms with E-state index in [-0.39, 0.29) is 11.9 Å². The van der Waals surface area contributed by atoms with Crippen molar-refractivity contribution in [1.82, 2.24) is 5.32 Å². The maximum atomic E-state index is 12.1. The number of hydrogen-bond acceptors (Lipinski definition) is 2. The zero-order chi connectivity index (χ0) is 13.7. The van der Waals surface area contributed by atoms with E-state index in [2.05, 4.69) is 5.32 Å². The number of para-hydroxylation sites is 1. The summed E-state index contributed by atoms with van der Waals surface area (Å²) in [7, 11) is 1.62. The van der Waals surface area contributed by atoms with E-state index in [9.17, 15) is 4.79 Å². The number of methoxy groups -OCH3 is 1. The fourth-order valence-corrected chi connectivity index (χ4v) is 3.06. The molecule has 1 aliphatic rings. The number of nitrogens with one attached hydrogen (secondary N) is 1. The van der Waals surface area contributed by atoms with Crippen LogP contribution in [0, 0.1) is 5.92 Å². The molecule has 1 aromatic carbocycles. The van der Waals surface area contributed by atoms with Crippen molar-refractivity contribution in [3.63, 3.8) is 0 Å². The molecule has 1 amide bonds. The summed E-state index contributed by atoms with van der Waals surface area (Å²) in [5.41, 5.74) is 0.919. The van der Waals surface area contributed by atoms with Crippen LogP contribution in [0.1, 0.15) is 24.8 Å². The number of carbonyl (C=O) groups excluding carboxylic acids is 1. The van der Waals surface area contributed by atoms with Crippen LogP contribution in [-0.2, 0) is 11.2 Å². The first-order chi connectivity index (χ1) is 9.24. The summed E-state index contributed by atoms with van der Waals surface area (Å²) in [5, 5.41) is 3.10. The number of halogens is 1. The van der Waals surface area contributed by atoms with Gasteiger partial charge in [-0.3, -0.25) is 4.79 Å². The first-order valence-electron chi connectivity index (χ1n) is 6.71. The maximum Gasteiger partial charge on any atom is 0.224 e. The van der Waals surface area contributed by atoms with E-state index in [0.29, 0.717) is 18.2 Å². The monoisotopic (exact) mass is 281 g/mol. The summed E-state index contributed by atoms with van der Waals surface area (Å²) in [6.45, 7) is 0. The Morgan fingerprint density at radius 1 is 1.42 bits per heavy atom. The highest BCUT2D eigenvalue weighted by Crippen LogP contribution is 2.27. The number of rotatable bonds is 5. The van der Waals surface area contributed by atoms with Crippen LogP contribution in [0.5, 0.6) is 5.75 Å². The molecule has 19 heavy (non-hydrogen) atoms. The van der Waals surface area contributed by atoms with E-state index in [0.717, 1.165) is 30.6 Å². The fraction of sp³-hybridized carbons (Fsp3) is 0.533. The van der Waals surface area contributed by atoms with Gasteiger partial charge in [-0.1, -0.05) is 24.6 Å². The largest absolute Gasteiger partial charge is 0.496 e. The normalized spacial score (nSPS) is 22.2. The quantitative estimate of drug-likeness (QED) is 0.843. The van der Waals surface area contributed by atoms with Crippen LogP contribution in [0.3, 0.4) is 0 Å².